The Bertz CT molecular complexity index is 384. The van der Waals surface area contributed by atoms with Crippen LogP contribution >= 0.6 is 0 Å². The number of aliphatic carboxylic acids is 2. The Morgan fingerprint density at radius 2 is 1.03 bits per heavy atom. The van der Waals surface area contributed by atoms with E-state index in [2.05, 4.69) is 12.2 Å². The molecule has 0 aliphatic heterocycles. The molecule has 0 aromatic rings. The van der Waals surface area contributed by atoms with Gasteiger partial charge in [0.25, 0.3) is 0 Å². The van der Waals surface area contributed by atoms with E-state index in [0.29, 0.717) is 6.54 Å². The summed E-state index contributed by atoms with van der Waals surface area (Å²) in [5.74, 6) is -2.46. The maximum atomic E-state index is 10.9. The van der Waals surface area contributed by atoms with Crippen molar-refractivity contribution in [1.29, 1.82) is 0 Å². The van der Waals surface area contributed by atoms with Crippen molar-refractivity contribution in [3.05, 3.63) is 0 Å². The molecule has 0 unspecified atom stereocenters. The Morgan fingerprint density at radius 3 is 1.37 bits per heavy atom. The first-order chi connectivity index (χ1) is 13.6. The number of carboxylic acid groups (broad SMARTS) is 2. The van der Waals surface area contributed by atoms with Gasteiger partial charge in [-0.15, -0.1) is 0 Å². The molecule has 0 aromatic heterocycles. The number of carbonyl (C=O) groups is 2. The Kier molecular flexibility index (Phi) is 33.0. The summed E-state index contributed by atoms with van der Waals surface area (Å²) < 4.78 is 0. The third-order valence-corrected chi connectivity index (χ3v) is 5.34. The Morgan fingerprint density at radius 1 is 0.667 bits per heavy atom. The summed E-state index contributed by atoms with van der Waals surface area (Å²) in [6, 6.07) is -0.894. The zero-order chi connectivity index (χ0) is 20.9. The van der Waals surface area contributed by atoms with E-state index >= 15 is 0 Å². The summed E-state index contributed by atoms with van der Waals surface area (Å²) in [6.07, 6.45) is 20.6. The Labute approximate surface area is 229 Å². The fraction of sp³-hybridized carbons (Fsp3) is 0.913. The fourth-order valence-corrected chi connectivity index (χ4v) is 3.51. The van der Waals surface area contributed by atoms with Crippen molar-refractivity contribution in [1.82, 2.24) is 5.32 Å². The number of hydrogen-bond acceptors (Lipinski definition) is 5. The van der Waals surface area contributed by atoms with Gasteiger partial charge in [0, 0.05) is 12.0 Å². The molecule has 1 atom stereocenters. The molecule has 7 heteroatoms. The van der Waals surface area contributed by atoms with Crippen molar-refractivity contribution >= 4 is 11.9 Å². The van der Waals surface area contributed by atoms with E-state index < -0.39 is 18.0 Å². The van der Waals surface area contributed by atoms with Crippen LogP contribution in [0, 0.1) is 0 Å². The van der Waals surface area contributed by atoms with Crippen LogP contribution in [-0.4, -0.2) is 24.5 Å². The van der Waals surface area contributed by atoms with Crippen LogP contribution < -0.4 is 74.6 Å². The molecular weight excluding hydrogens is 400 g/mol. The van der Waals surface area contributed by atoms with Gasteiger partial charge in [-0.3, -0.25) is 0 Å². The van der Waals surface area contributed by atoms with Gasteiger partial charge in [-0.25, -0.2) is 0 Å². The van der Waals surface area contributed by atoms with E-state index in [0.717, 1.165) is 12.8 Å². The Balaban J connectivity index is -0.00000364. The van der Waals surface area contributed by atoms with E-state index in [9.17, 15) is 19.8 Å². The summed E-state index contributed by atoms with van der Waals surface area (Å²) in [7, 11) is 0. The molecule has 0 fully saturated rings. The van der Waals surface area contributed by atoms with Gasteiger partial charge in [-0.2, -0.15) is 0 Å². The van der Waals surface area contributed by atoms with Gasteiger partial charge in [-0.1, -0.05) is 103 Å². The van der Waals surface area contributed by atoms with Crippen molar-refractivity contribution in [2.45, 2.75) is 129 Å². The third kappa shape index (κ3) is 26.9. The molecule has 0 bridgehead atoms. The molecule has 0 radical (unpaired) electrons. The number of hydrogen-bond donors (Lipinski definition) is 1. The first-order valence-corrected chi connectivity index (χ1v) is 11.7. The molecular formula is C23H43NNa2O4. The van der Waals surface area contributed by atoms with Crippen molar-refractivity contribution < 1.29 is 78.9 Å². The van der Waals surface area contributed by atoms with Crippen molar-refractivity contribution in [3.63, 3.8) is 0 Å². The standard InChI is InChI=1S/C23H45NO4.2Na/c1-2-3-4-5-6-7-8-9-10-11-12-13-14-15-16-17-20-24-21(23(27)28)18-19-22(25)26;;/h21,24H,2-20H2,1H3,(H,25,26)(H,27,28);;/q;2*+1/p-2/t21-;;/m0../s1. The summed E-state index contributed by atoms with van der Waals surface area (Å²) in [5.41, 5.74) is 0. The van der Waals surface area contributed by atoms with Gasteiger partial charge in [0.15, 0.2) is 0 Å². The van der Waals surface area contributed by atoms with Crippen LogP contribution in [0.5, 0.6) is 0 Å². The molecule has 30 heavy (non-hydrogen) atoms. The van der Waals surface area contributed by atoms with Crippen LogP contribution in [0.4, 0.5) is 0 Å². The van der Waals surface area contributed by atoms with Crippen LogP contribution in [0.2, 0.25) is 0 Å². The normalized spacial score (nSPS) is 11.4. The maximum Gasteiger partial charge on any atom is 1.00 e. The second kappa shape index (κ2) is 27.9. The van der Waals surface area contributed by atoms with Gasteiger partial charge in [-0.05, 0) is 25.8 Å². The molecule has 0 saturated carbocycles. The summed E-state index contributed by atoms with van der Waals surface area (Å²) in [6.45, 7) is 2.85. The van der Waals surface area contributed by atoms with E-state index in [1.165, 1.54) is 89.9 Å². The molecule has 0 aliphatic carbocycles. The molecule has 0 heterocycles. The predicted molar refractivity (Wildman–Crippen MR) is 111 cm³/mol. The average Bonchev–Trinajstić information content (AvgIpc) is 2.66. The first-order valence-electron chi connectivity index (χ1n) is 11.7. The summed E-state index contributed by atoms with van der Waals surface area (Å²) in [5, 5.41) is 24.2. The van der Waals surface area contributed by atoms with Crippen LogP contribution in [0.3, 0.4) is 0 Å². The molecule has 0 aromatic carbocycles. The molecule has 166 valence electrons. The van der Waals surface area contributed by atoms with Crippen molar-refractivity contribution in [3.8, 4) is 0 Å². The quantitative estimate of drug-likeness (QED) is 0.147. The first kappa shape index (κ1) is 35.5. The molecule has 0 saturated heterocycles. The third-order valence-electron chi connectivity index (χ3n) is 5.34. The second-order valence-corrected chi connectivity index (χ2v) is 8.04. The Hall–Kier alpha value is 0.900. The van der Waals surface area contributed by atoms with Gasteiger partial charge in [0.1, 0.15) is 0 Å². The second-order valence-electron chi connectivity index (χ2n) is 8.04. The van der Waals surface area contributed by atoms with Gasteiger partial charge < -0.3 is 25.1 Å². The maximum absolute atomic E-state index is 10.9. The van der Waals surface area contributed by atoms with E-state index in [4.69, 9.17) is 0 Å². The van der Waals surface area contributed by atoms with Gasteiger partial charge in [0.05, 0.1) is 5.97 Å². The SMILES string of the molecule is CCCCCCCCCCCCCCCCCCN[C@@H](CCC(=O)[O-])C(=O)[O-].[Na+].[Na+]. The largest absolute Gasteiger partial charge is 1.00 e. The number of nitrogens with one attached hydrogen (secondary N) is 1. The van der Waals surface area contributed by atoms with Crippen LogP contribution in [0.1, 0.15) is 122 Å². The van der Waals surface area contributed by atoms with Crippen LogP contribution in [0.15, 0.2) is 0 Å². The number of carboxylic acids is 2. The predicted octanol–water partition coefficient (Wildman–Crippen LogP) is -2.51. The van der Waals surface area contributed by atoms with E-state index in [1.807, 2.05) is 0 Å². The molecule has 0 amide bonds. The molecule has 1 N–H and O–H groups in total. The molecule has 0 rings (SSSR count). The minimum atomic E-state index is -1.24. The van der Waals surface area contributed by atoms with E-state index in [-0.39, 0.29) is 72.0 Å². The number of carbonyl (C=O) groups excluding carboxylic acids is 2. The minimum absolute atomic E-state index is 0. The molecule has 0 spiro atoms. The average molecular weight is 444 g/mol. The van der Waals surface area contributed by atoms with Crippen LogP contribution in [0.25, 0.3) is 0 Å². The van der Waals surface area contributed by atoms with Crippen molar-refractivity contribution in [2.24, 2.45) is 0 Å². The van der Waals surface area contributed by atoms with E-state index in [1.54, 1.807) is 0 Å². The van der Waals surface area contributed by atoms with Crippen molar-refractivity contribution in [2.75, 3.05) is 6.54 Å². The number of unbranched alkanes of at least 4 members (excludes halogenated alkanes) is 15. The monoisotopic (exact) mass is 443 g/mol. The fourth-order valence-electron chi connectivity index (χ4n) is 3.51. The molecule has 0 aliphatic rings. The zero-order valence-corrected chi connectivity index (χ0v) is 24.1. The van der Waals surface area contributed by atoms with Gasteiger partial charge in [0.2, 0.25) is 0 Å². The van der Waals surface area contributed by atoms with Gasteiger partial charge >= 0.3 is 59.1 Å². The topological polar surface area (TPSA) is 92.3 Å². The van der Waals surface area contributed by atoms with Crippen LogP contribution in [-0.2, 0) is 9.59 Å². The smallest absolute Gasteiger partial charge is 0.550 e. The zero-order valence-electron chi connectivity index (χ0n) is 20.1. The molecule has 5 nitrogen and oxygen atoms in total. The summed E-state index contributed by atoms with van der Waals surface area (Å²) >= 11 is 0. The number of rotatable bonds is 22. The minimum Gasteiger partial charge on any atom is -0.550 e. The summed E-state index contributed by atoms with van der Waals surface area (Å²) in [4.78, 5) is 21.3.